The van der Waals surface area contributed by atoms with Crippen LogP contribution < -0.4 is 11.0 Å². The first-order valence-corrected chi connectivity index (χ1v) is 7.33. The number of aromatic amines is 2. The molecular weight excluding hydrogens is 354 g/mol. The fraction of sp³-hybridized carbons (Fsp3) is 0.214. The summed E-state index contributed by atoms with van der Waals surface area (Å²) < 4.78 is 5.39. The largest absolute Gasteiger partial charge is 0.452 e. The summed E-state index contributed by atoms with van der Waals surface area (Å²) >= 11 is 3.30. The van der Waals surface area contributed by atoms with Gasteiger partial charge in [-0.05, 0) is 34.5 Å². The quantitative estimate of drug-likeness (QED) is 0.555. The number of carbonyl (C=O) groups excluding carboxylic acids is 2. The van der Waals surface area contributed by atoms with Crippen LogP contribution in [-0.2, 0) is 14.3 Å². The second kappa shape index (κ2) is 7.08. The molecule has 0 bridgehead atoms. The Balaban J connectivity index is 2.02. The number of rotatable bonds is 5. The lowest BCUT2D eigenvalue weighted by molar-refractivity contribution is -0.142. The minimum Gasteiger partial charge on any atom is -0.452 e. The Labute approximate surface area is 133 Å². The number of esters is 1. The maximum Gasteiger partial charge on any atom is 0.330 e. The molecule has 0 aliphatic carbocycles. The maximum absolute atomic E-state index is 11.8. The summed E-state index contributed by atoms with van der Waals surface area (Å²) in [5.41, 5.74) is 1.31. The molecule has 2 rings (SSSR count). The molecule has 1 aromatic carbocycles. The number of allylic oxidation sites excluding steroid dienone is 1. The highest BCUT2D eigenvalue weighted by atomic mass is 79.9. The van der Waals surface area contributed by atoms with Gasteiger partial charge >= 0.3 is 11.7 Å². The first-order chi connectivity index (χ1) is 10.5. The number of nitrogens with one attached hydrogen (secondary N) is 3. The van der Waals surface area contributed by atoms with Crippen LogP contribution in [0.1, 0.15) is 13.3 Å². The number of halogens is 1. The zero-order valence-electron chi connectivity index (χ0n) is 11.7. The predicted octanol–water partition coefficient (Wildman–Crippen LogP) is 2.07. The molecule has 0 radical (unpaired) electrons. The minimum atomic E-state index is -0.568. The average molecular weight is 368 g/mol. The van der Waals surface area contributed by atoms with Crippen LogP contribution >= 0.6 is 15.9 Å². The molecule has 1 aromatic heterocycles. The fourth-order valence-corrected chi connectivity index (χ4v) is 2.18. The van der Waals surface area contributed by atoms with Crippen molar-refractivity contribution in [2.45, 2.75) is 13.3 Å². The first-order valence-electron chi connectivity index (χ1n) is 6.54. The third kappa shape index (κ3) is 4.08. The summed E-state index contributed by atoms with van der Waals surface area (Å²) in [7, 11) is 0. The summed E-state index contributed by atoms with van der Waals surface area (Å²) in [6, 6.07) is 3.27. The smallest absolute Gasteiger partial charge is 0.330 e. The second-order valence-corrected chi connectivity index (χ2v) is 5.28. The molecule has 0 saturated heterocycles. The van der Waals surface area contributed by atoms with Gasteiger partial charge in [0.15, 0.2) is 6.61 Å². The molecular formula is C14H14BrN3O4. The van der Waals surface area contributed by atoms with Gasteiger partial charge in [-0.1, -0.05) is 13.0 Å². The molecule has 0 spiro atoms. The Kier molecular flexibility index (Phi) is 5.16. The summed E-state index contributed by atoms with van der Waals surface area (Å²) in [5.74, 6) is -1.04. The van der Waals surface area contributed by atoms with Crippen molar-refractivity contribution >= 4 is 44.5 Å². The molecule has 2 aromatic rings. The van der Waals surface area contributed by atoms with Crippen LogP contribution in [0.25, 0.3) is 11.0 Å². The third-order valence-electron chi connectivity index (χ3n) is 2.71. The van der Waals surface area contributed by atoms with Crippen molar-refractivity contribution in [2.24, 2.45) is 0 Å². The standard InChI is InChI=1S/C14H14BrN3O4/c1-2-3-4-13(20)22-7-12(19)16-9-6-11-10(5-8(9)15)17-14(21)18-11/h3-6H,2,7H2,1H3,(H,16,19)(H2,17,18,21)/b4-3+. The van der Waals surface area contributed by atoms with Gasteiger partial charge < -0.3 is 20.0 Å². The van der Waals surface area contributed by atoms with E-state index in [4.69, 9.17) is 4.74 Å². The van der Waals surface area contributed by atoms with Gasteiger partial charge in [-0.15, -0.1) is 0 Å². The molecule has 0 fully saturated rings. The number of amides is 1. The van der Waals surface area contributed by atoms with E-state index in [1.807, 2.05) is 6.92 Å². The summed E-state index contributed by atoms with van der Waals surface area (Å²) in [4.78, 5) is 39.5. The van der Waals surface area contributed by atoms with Crippen molar-refractivity contribution in [1.82, 2.24) is 9.97 Å². The van der Waals surface area contributed by atoms with Gasteiger partial charge in [0.05, 0.1) is 16.7 Å². The van der Waals surface area contributed by atoms with Crippen LogP contribution in [0.15, 0.2) is 33.6 Å². The van der Waals surface area contributed by atoms with Gasteiger partial charge in [0, 0.05) is 10.5 Å². The van der Waals surface area contributed by atoms with E-state index in [1.54, 1.807) is 18.2 Å². The average Bonchev–Trinajstić information content (AvgIpc) is 2.82. The second-order valence-electron chi connectivity index (χ2n) is 4.42. The molecule has 22 heavy (non-hydrogen) atoms. The SMILES string of the molecule is CC/C=C/C(=O)OCC(=O)Nc1cc2[nH]c(=O)[nH]c2cc1Br. The number of H-pyrrole nitrogens is 2. The minimum absolute atomic E-state index is 0.331. The van der Waals surface area contributed by atoms with Crippen molar-refractivity contribution in [3.05, 3.63) is 39.2 Å². The van der Waals surface area contributed by atoms with Crippen LogP contribution in [-0.4, -0.2) is 28.5 Å². The normalized spacial score (nSPS) is 11.0. The van der Waals surface area contributed by atoms with Crippen molar-refractivity contribution in [3.8, 4) is 0 Å². The summed E-state index contributed by atoms with van der Waals surface area (Å²) in [6.07, 6.45) is 3.63. The predicted molar refractivity (Wildman–Crippen MR) is 85.6 cm³/mol. The molecule has 0 unspecified atom stereocenters. The van der Waals surface area contributed by atoms with E-state index in [2.05, 4.69) is 31.2 Å². The van der Waals surface area contributed by atoms with Crippen LogP contribution in [0, 0.1) is 0 Å². The van der Waals surface area contributed by atoms with E-state index >= 15 is 0 Å². The lowest BCUT2D eigenvalue weighted by atomic mass is 10.2. The highest BCUT2D eigenvalue weighted by molar-refractivity contribution is 9.10. The fourth-order valence-electron chi connectivity index (χ4n) is 1.74. The summed E-state index contributed by atoms with van der Waals surface area (Å²) in [5, 5.41) is 2.60. The lowest BCUT2D eigenvalue weighted by Crippen LogP contribution is -2.20. The van der Waals surface area contributed by atoms with Gasteiger partial charge in [0.2, 0.25) is 0 Å². The molecule has 3 N–H and O–H groups in total. The molecule has 7 nitrogen and oxygen atoms in total. The monoisotopic (exact) mass is 367 g/mol. The molecule has 8 heteroatoms. The zero-order chi connectivity index (χ0) is 16.1. The van der Waals surface area contributed by atoms with Crippen molar-refractivity contribution in [1.29, 1.82) is 0 Å². The Hall–Kier alpha value is -2.35. The van der Waals surface area contributed by atoms with Gasteiger partial charge in [0.25, 0.3) is 5.91 Å². The summed E-state index contributed by atoms with van der Waals surface area (Å²) in [6.45, 7) is 1.50. The Morgan fingerprint density at radius 3 is 2.68 bits per heavy atom. The number of imidazole rings is 1. The van der Waals surface area contributed by atoms with Crippen LogP contribution in [0.2, 0.25) is 0 Å². The van der Waals surface area contributed by atoms with Crippen molar-refractivity contribution in [2.75, 3.05) is 11.9 Å². The molecule has 1 amide bonds. The number of benzene rings is 1. The number of fused-ring (bicyclic) bond motifs is 1. The van der Waals surface area contributed by atoms with E-state index in [1.165, 1.54) is 6.08 Å². The molecule has 0 saturated carbocycles. The zero-order valence-corrected chi connectivity index (χ0v) is 13.3. The number of carbonyl (C=O) groups is 2. The van der Waals surface area contributed by atoms with E-state index in [-0.39, 0.29) is 12.3 Å². The van der Waals surface area contributed by atoms with E-state index in [0.29, 0.717) is 27.6 Å². The van der Waals surface area contributed by atoms with E-state index in [9.17, 15) is 14.4 Å². The van der Waals surface area contributed by atoms with Gasteiger partial charge in [-0.3, -0.25) is 4.79 Å². The molecule has 0 atom stereocenters. The van der Waals surface area contributed by atoms with Gasteiger partial charge in [-0.25, -0.2) is 9.59 Å². The lowest BCUT2D eigenvalue weighted by Gasteiger charge is -2.07. The van der Waals surface area contributed by atoms with Crippen molar-refractivity contribution < 1.29 is 14.3 Å². The van der Waals surface area contributed by atoms with E-state index in [0.717, 1.165) is 0 Å². The highest BCUT2D eigenvalue weighted by Gasteiger charge is 2.10. The molecule has 1 heterocycles. The Morgan fingerprint density at radius 1 is 1.32 bits per heavy atom. The molecule has 0 aliphatic rings. The number of aromatic nitrogens is 2. The van der Waals surface area contributed by atoms with E-state index < -0.39 is 11.9 Å². The van der Waals surface area contributed by atoms with Gasteiger partial charge in [-0.2, -0.15) is 0 Å². The number of anilines is 1. The Bertz CT molecular complexity index is 791. The molecule has 0 aliphatic heterocycles. The van der Waals surface area contributed by atoms with Gasteiger partial charge in [0.1, 0.15) is 0 Å². The number of hydrogen-bond donors (Lipinski definition) is 3. The number of hydrogen-bond acceptors (Lipinski definition) is 4. The maximum atomic E-state index is 11.8. The first kappa shape index (κ1) is 16.0. The van der Waals surface area contributed by atoms with Crippen LogP contribution in [0.5, 0.6) is 0 Å². The molecule has 116 valence electrons. The third-order valence-corrected chi connectivity index (χ3v) is 3.37. The van der Waals surface area contributed by atoms with Crippen LogP contribution in [0.3, 0.4) is 0 Å². The van der Waals surface area contributed by atoms with Crippen molar-refractivity contribution in [3.63, 3.8) is 0 Å². The Morgan fingerprint density at radius 2 is 2.00 bits per heavy atom. The topological polar surface area (TPSA) is 104 Å². The van der Waals surface area contributed by atoms with Crippen LogP contribution in [0.4, 0.5) is 5.69 Å². The number of ether oxygens (including phenoxy) is 1. The highest BCUT2D eigenvalue weighted by Crippen LogP contribution is 2.26.